The predicted molar refractivity (Wildman–Crippen MR) is 113 cm³/mol. The zero-order chi connectivity index (χ0) is 19.3. The summed E-state index contributed by atoms with van der Waals surface area (Å²) in [6.07, 6.45) is 5.30. The Bertz CT molecular complexity index is 940. The van der Waals surface area contributed by atoms with Gasteiger partial charge in [-0.15, -0.1) is 11.3 Å². The summed E-state index contributed by atoms with van der Waals surface area (Å²) in [5, 5.41) is 6.07. The van der Waals surface area contributed by atoms with E-state index in [0.29, 0.717) is 30.2 Å². The fraction of sp³-hybridized carbons (Fsp3) is 0.364. The van der Waals surface area contributed by atoms with Gasteiger partial charge in [-0.3, -0.25) is 9.59 Å². The van der Waals surface area contributed by atoms with Gasteiger partial charge in [-0.05, 0) is 48.3 Å². The zero-order valence-corrected chi connectivity index (χ0v) is 16.6. The van der Waals surface area contributed by atoms with Gasteiger partial charge in [0.05, 0.1) is 4.88 Å². The van der Waals surface area contributed by atoms with E-state index in [2.05, 4.69) is 34.7 Å². The lowest BCUT2D eigenvalue weighted by atomic mass is 9.89. The normalized spacial score (nSPS) is 15.1. The lowest BCUT2D eigenvalue weighted by Gasteiger charge is -2.32. The lowest BCUT2D eigenvalue weighted by molar-refractivity contribution is -0.132. The first-order valence-corrected chi connectivity index (χ1v) is 10.8. The van der Waals surface area contributed by atoms with E-state index in [0.717, 1.165) is 25.9 Å². The van der Waals surface area contributed by atoms with E-state index < -0.39 is 0 Å². The van der Waals surface area contributed by atoms with Crippen LogP contribution >= 0.6 is 11.3 Å². The molecule has 3 heterocycles. The number of fused-ring (bicyclic) bond motifs is 1. The van der Waals surface area contributed by atoms with Gasteiger partial charge in [0.25, 0.3) is 5.91 Å². The van der Waals surface area contributed by atoms with Crippen molar-refractivity contribution < 1.29 is 9.59 Å². The number of hydrogen-bond acceptors (Lipinski definition) is 3. The summed E-state index contributed by atoms with van der Waals surface area (Å²) in [6.45, 7) is 2.16. The van der Waals surface area contributed by atoms with E-state index in [1.807, 2.05) is 28.5 Å². The molecule has 1 fully saturated rings. The van der Waals surface area contributed by atoms with Crippen LogP contribution in [0.2, 0.25) is 0 Å². The number of carbonyl (C=O) groups excluding carboxylic acids is 2. The van der Waals surface area contributed by atoms with Gasteiger partial charge in [0, 0.05) is 43.2 Å². The third kappa shape index (κ3) is 4.12. The Kier molecular flexibility index (Phi) is 5.76. The summed E-state index contributed by atoms with van der Waals surface area (Å²) in [5.41, 5.74) is 2.56. The van der Waals surface area contributed by atoms with Gasteiger partial charge in [0.2, 0.25) is 5.91 Å². The maximum Gasteiger partial charge on any atom is 0.261 e. The second-order valence-corrected chi connectivity index (χ2v) is 8.23. The number of carbonyl (C=O) groups is 2. The Labute approximate surface area is 168 Å². The number of nitrogens with zero attached hydrogens (tertiary/aromatic N) is 1. The van der Waals surface area contributed by atoms with Crippen LogP contribution in [0, 0.1) is 0 Å². The summed E-state index contributed by atoms with van der Waals surface area (Å²) in [4.78, 5) is 30.4. The van der Waals surface area contributed by atoms with Crippen molar-refractivity contribution in [2.24, 2.45) is 0 Å². The summed E-state index contributed by atoms with van der Waals surface area (Å²) in [7, 11) is 0. The van der Waals surface area contributed by atoms with Crippen molar-refractivity contribution in [3.63, 3.8) is 0 Å². The van der Waals surface area contributed by atoms with E-state index in [-0.39, 0.29) is 11.8 Å². The highest BCUT2D eigenvalue weighted by Gasteiger charge is 2.25. The number of amides is 2. The largest absolute Gasteiger partial charge is 0.361 e. The molecule has 0 radical (unpaired) electrons. The molecule has 1 saturated heterocycles. The Morgan fingerprint density at radius 3 is 2.75 bits per heavy atom. The molecule has 0 aliphatic carbocycles. The fourth-order valence-electron chi connectivity index (χ4n) is 3.97. The van der Waals surface area contributed by atoms with Crippen LogP contribution in [0.3, 0.4) is 0 Å². The summed E-state index contributed by atoms with van der Waals surface area (Å²) >= 11 is 1.43. The number of hydrogen-bond donors (Lipinski definition) is 2. The molecular formula is C22H25N3O2S. The Hall–Kier alpha value is -2.60. The number of H-pyrrole nitrogens is 1. The van der Waals surface area contributed by atoms with Crippen molar-refractivity contribution in [3.05, 3.63) is 58.4 Å². The number of aromatic amines is 1. The quantitative estimate of drug-likeness (QED) is 0.616. The van der Waals surface area contributed by atoms with E-state index in [1.54, 1.807) is 0 Å². The van der Waals surface area contributed by atoms with Crippen molar-refractivity contribution in [3.8, 4) is 0 Å². The van der Waals surface area contributed by atoms with Gasteiger partial charge in [-0.25, -0.2) is 0 Å². The number of benzene rings is 1. The second-order valence-electron chi connectivity index (χ2n) is 7.28. The van der Waals surface area contributed by atoms with Crippen LogP contribution in [0.4, 0.5) is 0 Å². The highest BCUT2D eigenvalue weighted by atomic mass is 32.1. The molecule has 0 saturated carbocycles. The smallest absolute Gasteiger partial charge is 0.261 e. The number of nitrogens with one attached hydrogen (secondary N) is 2. The SMILES string of the molecule is O=C(NCCCC(=O)N1CCC(c2c[nH]c3ccccc23)CC1)c1cccs1. The number of thiophene rings is 1. The van der Waals surface area contributed by atoms with Crippen LogP contribution in [-0.2, 0) is 4.79 Å². The third-order valence-electron chi connectivity index (χ3n) is 5.51. The number of piperidine rings is 1. The molecule has 28 heavy (non-hydrogen) atoms. The molecular weight excluding hydrogens is 370 g/mol. The average Bonchev–Trinajstić information content (AvgIpc) is 3.41. The summed E-state index contributed by atoms with van der Waals surface area (Å²) in [5.74, 6) is 0.648. The van der Waals surface area contributed by atoms with E-state index in [4.69, 9.17) is 0 Å². The molecule has 0 unspecified atom stereocenters. The molecule has 0 spiro atoms. The van der Waals surface area contributed by atoms with Gasteiger partial charge >= 0.3 is 0 Å². The van der Waals surface area contributed by atoms with Crippen molar-refractivity contribution in [2.75, 3.05) is 19.6 Å². The van der Waals surface area contributed by atoms with Crippen LogP contribution in [0.5, 0.6) is 0 Å². The summed E-state index contributed by atoms with van der Waals surface area (Å²) in [6, 6.07) is 12.1. The number of para-hydroxylation sites is 1. The van der Waals surface area contributed by atoms with Crippen molar-refractivity contribution in [1.29, 1.82) is 0 Å². The highest BCUT2D eigenvalue weighted by molar-refractivity contribution is 7.12. The third-order valence-corrected chi connectivity index (χ3v) is 6.38. The minimum absolute atomic E-state index is 0.0537. The molecule has 4 rings (SSSR count). The van der Waals surface area contributed by atoms with Crippen molar-refractivity contribution in [1.82, 2.24) is 15.2 Å². The van der Waals surface area contributed by atoms with Gasteiger partial charge in [0.1, 0.15) is 0 Å². The van der Waals surface area contributed by atoms with Gasteiger partial charge in [-0.1, -0.05) is 24.3 Å². The van der Waals surface area contributed by atoms with Crippen molar-refractivity contribution >= 4 is 34.1 Å². The first-order chi connectivity index (χ1) is 13.7. The molecule has 5 nitrogen and oxygen atoms in total. The molecule has 2 amide bonds. The first kappa shape index (κ1) is 18.7. The maximum absolute atomic E-state index is 12.5. The van der Waals surface area contributed by atoms with Gasteiger partial charge in [-0.2, -0.15) is 0 Å². The molecule has 0 bridgehead atoms. The number of aromatic nitrogens is 1. The lowest BCUT2D eigenvalue weighted by Crippen LogP contribution is -2.38. The fourth-order valence-corrected chi connectivity index (χ4v) is 4.61. The number of likely N-dealkylation sites (tertiary alicyclic amines) is 1. The molecule has 2 N–H and O–H groups in total. The number of rotatable bonds is 6. The Balaban J connectivity index is 1.21. The first-order valence-electron chi connectivity index (χ1n) is 9.88. The standard InChI is InChI=1S/C22H25N3O2S/c26-21(8-3-11-23-22(27)20-7-4-14-28-20)25-12-9-16(10-13-25)18-15-24-19-6-2-1-5-17(18)19/h1-2,4-7,14-16,24H,3,8-13H2,(H,23,27). The molecule has 1 aromatic carbocycles. The summed E-state index contributed by atoms with van der Waals surface area (Å²) < 4.78 is 0. The van der Waals surface area contributed by atoms with Crippen LogP contribution in [-0.4, -0.2) is 41.3 Å². The average molecular weight is 396 g/mol. The zero-order valence-electron chi connectivity index (χ0n) is 15.8. The second kappa shape index (κ2) is 8.61. The molecule has 3 aromatic rings. The molecule has 1 aliphatic heterocycles. The van der Waals surface area contributed by atoms with E-state index in [1.165, 1.54) is 27.8 Å². The molecule has 2 aromatic heterocycles. The molecule has 6 heteroatoms. The van der Waals surface area contributed by atoms with E-state index >= 15 is 0 Å². The van der Waals surface area contributed by atoms with Crippen LogP contribution in [0.15, 0.2) is 48.0 Å². The topological polar surface area (TPSA) is 65.2 Å². The Morgan fingerprint density at radius 2 is 1.96 bits per heavy atom. The molecule has 1 aliphatic rings. The van der Waals surface area contributed by atoms with Crippen LogP contribution in [0.25, 0.3) is 10.9 Å². The monoisotopic (exact) mass is 395 g/mol. The van der Waals surface area contributed by atoms with Crippen LogP contribution < -0.4 is 5.32 Å². The van der Waals surface area contributed by atoms with Crippen LogP contribution in [0.1, 0.15) is 46.8 Å². The Morgan fingerprint density at radius 1 is 1.14 bits per heavy atom. The van der Waals surface area contributed by atoms with E-state index in [9.17, 15) is 9.59 Å². The highest BCUT2D eigenvalue weighted by Crippen LogP contribution is 2.33. The minimum atomic E-state index is -0.0537. The molecule has 146 valence electrons. The minimum Gasteiger partial charge on any atom is -0.361 e. The molecule has 0 atom stereocenters. The predicted octanol–water partition coefficient (Wildman–Crippen LogP) is 4.15. The van der Waals surface area contributed by atoms with Crippen molar-refractivity contribution in [2.45, 2.75) is 31.6 Å². The van der Waals surface area contributed by atoms with Gasteiger partial charge in [0.15, 0.2) is 0 Å². The van der Waals surface area contributed by atoms with Gasteiger partial charge < -0.3 is 15.2 Å². The maximum atomic E-state index is 12.5.